The highest BCUT2D eigenvalue weighted by molar-refractivity contribution is 9.10. The Morgan fingerprint density at radius 2 is 1.50 bits per heavy atom. The lowest BCUT2D eigenvalue weighted by Gasteiger charge is -2.34. The van der Waals surface area contributed by atoms with Gasteiger partial charge in [0.05, 0.1) is 18.0 Å². The van der Waals surface area contributed by atoms with Gasteiger partial charge in [0.25, 0.3) is 0 Å². The van der Waals surface area contributed by atoms with Gasteiger partial charge in [0, 0.05) is 10.9 Å². The Bertz CT molecular complexity index is 1490. The van der Waals surface area contributed by atoms with Crippen LogP contribution < -0.4 is 38.5 Å². The highest BCUT2D eigenvalue weighted by atomic mass is 79.9. The summed E-state index contributed by atoms with van der Waals surface area (Å²) >= 11 is 3.43. The Labute approximate surface area is 339 Å². The zero-order valence-electron chi connectivity index (χ0n) is 32.9. The first kappa shape index (κ1) is 46.7. The lowest BCUT2D eigenvalue weighted by molar-refractivity contribution is -0.145. The molecule has 1 heterocycles. The Morgan fingerprint density at radius 1 is 0.893 bits per heavy atom. The molecule has 312 valence electrons. The van der Waals surface area contributed by atoms with E-state index in [0.29, 0.717) is 58.0 Å². The third-order valence-electron chi connectivity index (χ3n) is 10.9. The van der Waals surface area contributed by atoms with Crippen molar-refractivity contribution in [3.63, 3.8) is 0 Å². The van der Waals surface area contributed by atoms with Gasteiger partial charge in [-0.15, -0.1) is 0 Å². The van der Waals surface area contributed by atoms with Crippen LogP contribution in [0.1, 0.15) is 115 Å². The fourth-order valence-corrected chi connectivity index (χ4v) is 7.70. The molecule has 1 aliphatic carbocycles. The van der Waals surface area contributed by atoms with Gasteiger partial charge < -0.3 is 43.6 Å². The maximum Gasteiger partial charge on any atom is 0.306 e. The first-order valence-electron chi connectivity index (χ1n) is 20.3. The summed E-state index contributed by atoms with van der Waals surface area (Å²) in [7, 11) is 0. The number of unbranched alkanes of at least 4 members (excludes halogenated alkanes) is 2. The van der Waals surface area contributed by atoms with E-state index in [0.717, 1.165) is 35.7 Å². The molecular formula is C41H64BrN7O7. The van der Waals surface area contributed by atoms with Gasteiger partial charge in [-0.3, -0.25) is 28.8 Å². The Hall–Kier alpha value is -3.66. The van der Waals surface area contributed by atoms with E-state index in [9.17, 15) is 33.9 Å². The van der Waals surface area contributed by atoms with Gasteiger partial charge in [0.15, 0.2) is 5.78 Å². The molecule has 6 atom stereocenters. The number of Topliss-reactive ketones (excluding diaryl/α,β-unsaturated/α-hetero) is 1. The molecule has 0 spiro atoms. The molecule has 15 heteroatoms. The van der Waals surface area contributed by atoms with E-state index >= 15 is 0 Å². The number of hydrogen-bond donors (Lipinski definition) is 8. The normalized spacial score (nSPS) is 24.1. The summed E-state index contributed by atoms with van der Waals surface area (Å²) in [4.78, 5) is 81.8. The summed E-state index contributed by atoms with van der Waals surface area (Å²) in [5.74, 6) is -4.31. The van der Waals surface area contributed by atoms with Gasteiger partial charge in [-0.05, 0) is 121 Å². The highest BCUT2D eigenvalue weighted by Crippen LogP contribution is 2.32. The minimum atomic E-state index is -1.53. The van der Waals surface area contributed by atoms with Crippen LogP contribution in [-0.4, -0.2) is 83.3 Å². The molecule has 4 amide bonds. The number of halogens is 1. The lowest BCUT2D eigenvalue weighted by atomic mass is 9.86. The molecule has 0 saturated heterocycles. The molecule has 1 fully saturated rings. The maximum absolute atomic E-state index is 14.5. The minimum Gasteiger partial charge on any atom is -0.481 e. The van der Waals surface area contributed by atoms with Gasteiger partial charge in [-0.1, -0.05) is 65.9 Å². The maximum atomic E-state index is 14.5. The first-order valence-corrected chi connectivity index (χ1v) is 21.1. The number of carbonyl (C=O) groups is 6. The van der Waals surface area contributed by atoms with Crippen LogP contribution in [0.25, 0.3) is 0 Å². The number of nitrogens with one attached hydrogen (secondary N) is 4. The smallest absolute Gasteiger partial charge is 0.306 e. The second-order valence-electron chi connectivity index (χ2n) is 15.7. The minimum absolute atomic E-state index is 0.121. The molecule has 0 bridgehead atoms. The second-order valence-corrected chi connectivity index (χ2v) is 16.6. The average Bonchev–Trinajstić information content (AvgIpc) is 3.68. The van der Waals surface area contributed by atoms with Gasteiger partial charge in [-0.25, -0.2) is 0 Å². The van der Waals surface area contributed by atoms with Crippen molar-refractivity contribution < 1.29 is 33.9 Å². The van der Waals surface area contributed by atoms with E-state index in [2.05, 4.69) is 37.2 Å². The number of ketones is 1. The number of amides is 4. The summed E-state index contributed by atoms with van der Waals surface area (Å²) in [6.07, 6.45) is 12.0. The van der Waals surface area contributed by atoms with Crippen molar-refractivity contribution in [2.75, 3.05) is 13.1 Å². The highest BCUT2D eigenvalue weighted by Gasteiger charge is 2.40. The summed E-state index contributed by atoms with van der Waals surface area (Å²) in [5, 5.41) is 21.5. The summed E-state index contributed by atoms with van der Waals surface area (Å²) < 4.78 is 0.838. The number of carboxylic acid groups (broad SMARTS) is 1. The molecule has 1 aliphatic heterocycles. The molecule has 1 saturated carbocycles. The van der Waals surface area contributed by atoms with Crippen LogP contribution in [0.4, 0.5) is 0 Å². The van der Waals surface area contributed by atoms with Gasteiger partial charge >= 0.3 is 5.97 Å². The lowest BCUT2D eigenvalue weighted by Crippen LogP contribution is -2.63. The van der Waals surface area contributed by atoms with Crippen LogP contribution in [0.2, 0.25) is 0 Å². The molecule has 0 radical (unpaired) electrons. The second kappa shape index (κ2) is 24.2. The number of carbonyl (C=O) groups excluding carboxylic acids is 5. The number of nitrogens with two attached hydrogens (primary N) is 3. The molecule has 11 N–H and O–H groups in total. The zero-order valence-corrected chi connectivity index (χ0v) is 34.5. The van der Waals surface area contributed by atoms with Crippen LogP contribution in [-0.2, 0) is 35.2 Å². The van der Waals surface area contributed by atoms with E-state index in [-0.39, 0.29) is 44.4 Å². The number of allylic oxidation sites excluding steroid dienone is 1. The SMILES string of the molecule is C[C@]1(C(=O)N[C@@H](Cc2ccc(Br)cc2)C(=O)C[C@@H](CC2CCCC2)C(=O)O)CCCC=CC[C@H](N)C(=O)N[C@@H](CCCCN)C(=O)N[C@@H](CCCCN)C(=O)N1. The van der Waals surface area contributed by atoms with Crippen molar-refractivity contribution in [2.45, 2.75) is 146 Å². The number of carboxylic acids is 1. The van der Waals surface area contributed by atoms with Crippen molar-refractivity contribution >= 4 is 51.3 Å². The van der Waals surface area contributed by atoms with E-state index in [1.807, 2.05) is 30.3 Å². The quantitative estimate of drug-likeness (QED) is 0.0791. The Kier molecular flexibility index (Phi) is 20.2. The topological polar surface area (TPSA) is 249 Å². The number of hydrogen-bond acceptors (Lipinski definition) is 9. The van der Waals surface area contributed by atoms with Crippen molar-refractivity contribution in [1.82, 2.24) is 21.3 Å². The van der Waals surface area contributed by atoms with Crippen molar-refractivity contribution in [3.8, 4) is 0 Å². The molecule has 2 aliphatic rings. The Morgan fingerprint density at radius 3 is 2.11 bits per heavy atom. The number of rotatable bonds is 18. The number of benzene rings is 1. The van der Waals surface area contributed by atoms with Crippen molar-refractivity contribution in [3.05, 3.63) is 46.5 Å². The zero-order chi connectivity index (χ0) is 41.1. The fraction of sp³-hybridized carbons (Fsp3) is 0.659. The van der Waals surface area contributed by atoms with E-state index in [1.165, 1.54) is 0 Å². The van der Waals surface area contributed by atoms with E-state index < -0.39 is 71.0 Å². The standard InChI is InChI=1S/C41H64BrN7O7/c1-41(40(56)48-34(25-28-17-19-30(42)20-18-28)35(50)26-29(39(54)55)24-27-12-5-6-13-27)21-9-3-2-4-14-31(45)36(51)46-32(15-7-10-22-43)37(52)47-33(38(53)49-41)16-8-11-23-44/h2,4,17-20,27,29,31-34H,3,5-16,21-26,43-45H2,1H3,(H,46,51)(H,47,52)(H,48,56)(H,49,53)(H,54,55)/t29-,31+,32+,33+,34+,41-/m1/s1. The number of aliphatic carboxylic acids is 1. The first-order chi connectivity index (χ1) is 26.8. The van der Waals surface area contributed by atoms with Crippen molar-refractivity contribution in [2.24, 2.45) is 29.0 Å². The van der Waals surface area contributed by atoms with Crippen LogP contribution >= 0.6 is 15.9 Å². The summed E-state index contributed by atoms with van der Waals surface area (Å²) in [5.41, 5.74) is 16.8. The largest absolute Gasteiger partial charge is 0.481 e. The van der Waals surface area contributed by atoms with Gasteiger partial charge in [0.2, 0.25) is 23.6 Å². The van der Waals surface area contributed by atoms with Crippen LogP contribution in [0, 0.1) is 11.8 Å². The average molecular weight is 847 g/mol. The molecule has 14 nitrogen and oxygen atoms in total. The molecule has 0 unspecified atom stereocenters. The Balaban J connectivity index is 1.95. The van der Waals surface area contributed by atoms with E-state index in [4.69, 9.17) is 17.2 Å². The third-order valence-corrected chi connectivity index (χ3v) is 11.5. The summed E-state index contributed by atoms with van der Waals surface area (Å²) in [6, 6.07) is 3.32. The third kappa shape index (κ3) is 15.7. The van der Waals surface area contributed by atoms with Crippen LogP contribution in [0.5, 0.6) is 0 Å². The predicted octanol–water partition coefficient (Wildman–Crippen LogP) is 3.28. The molecule has 3 rings (SSSR count). The van der Waals surface area contributed by atoms with Gasteiger partial charge in [-0.2, -0.15) is 0 Å². The molecule has 0 aromatic heterocycles. The van der Waals surface area contributed by atoms with Gasteiger partial charge in [0.1, 0.15) is 17.6 Å². The molecule has 1 aromatic carbocycles. The molecule has 1 aromatic rings. The molecular weight excluding hydrogens is 782 g/mol. The van der Waals surface area contributed by atoms with Crippen LogP contribution in [0.3, 0.4) is 0 Å². The fourth-order valence-electron chi connectivity index (χ4n) is 7.43. The molecule has 56 heavy (non-hydrogen) atoms. The summed E-state index contributed by atoms with van der Waals surface area (Å²) in [6.45, 7) is 2.38. The van der Waals surface area contributed by atoms with Crippen LogP contribution in [0.15, 0.2) is 40.9 Å². The van der Waals surface area contributed by atoms with E-state index in [1.54, 1.807) is 13.0 Å². The van der Waals surface area contributed by atoms with Crippen molar-refractivity contribution in [1.29, 1.82) is 0 Å². The predicted molar refractivity (Wildman–Crippen MR) is 219 cm³/mol. The monoisotopic (exact) mass is 845 g/mol.